The number of hydrogen-bond donors (Lipinski definition) is 0. The largest absolute Gasteiger partial charge is 0.309 e. The van der Waals surface area contributed by atoms with Crippen LogP contribution in [-0.2, 0) is 0 Å². The van der Waals surface area contributed by atoms with Gasteiger partial charge in [-0.2, -0.15) is 0 Å². The Morgan fingerprint density at radius 1 is 0.162 bits per heavy atom. The van der Waals surface area contributed by atoms with Gasteiger partial charge in [0, 0.05) is 32.9 Å². The SMILES string of the molecule is c1ccc(-c2ccc(-n3c4ccccc4c4cc(-c5cccc(-c6cccc(-c7cccc(-c8cccc(-c9ccc%10c(c9)c9ccccc9n%10-c9ccccc9)c8)c7)c6)c5)ccc43)cc2)cc1. The number of para-hydroxylation sites is 3. The maximum absolute atomic E-state index is 2.39. The number of aromatic nitrogens is 2. The Hall–Kier alpha value is -8.98. The molecule has 2 heterocycles. The van der Waals surface area contributed by atoms with E-state index in [9.17, 15) is 0 Å². The molecule has 0 N–H and O–H groups in total. The normalized spacial score (nSPS) is 11.5. The minimum Gasteiger partial charge on any atom is -0.309 e. The van der Waals surface area contributed by atoms with Gasteiger partial charge < -0.3 is 9.13 Å². The molecule has 0 aliphatic heterocycles. The van der Waals surface area contributed by atoms with Crippen LogP contribution in [0.4, 0.5) is 0 Å². The van der Waals surface area contributed by atoms with Crippen LogP contribution in [0.3, 0.4) is 0 Å². The van der Waals surface area contributed by atoms with Crippen LogP contribution in [0.5, 0.6) is 0 Å². The highest BCUT2D eigenvalue weighted by atomic mass is 15.0. The van der Waals surface area contributed by atoms with Crippen LogP contribution in [0, 0.1) is 0 Å². The van der Waals surface area contributed by atoms with Crippen molar-refractivity contribution < 1.29 is 0 Å². The molecule has 0 saturated heterocycles. The molecule has 2 heteroatoms. The smallest absolute Gasteiger partial charge is 0.0541 e. The van der Waals surface area contributed by atoms with Gasteiger partial charge in [0.15, 0.2) is 0 Å². The molecule has 0 bridgehead atoms. The fourth-order valence-electron chi connectivity index (χ4n) is 10.4. The molecule has 0 saturated carbocycles. The summed E-state index contributed by atoms with van der Waals surface area (Å²) in [5, 5.41) is 5.01. The summed E-state index contributed by atoms with van der Waals surface area (Å²) in [4.78, 5) is 0. The summed E-state index contributed by atoms with van der Waals surface area (Å²) in [7, 11) is 0. The van der Waals surface area contributed by atoms with Crippen LogP contribution < -0.4 is 0 Å². The zero-order valence-corrected chi connectivity index (χ0v) is 37.3. The lowest BCUT2D eigenvalue weighted by atomic mass is 9.93. The van der Waals surface area contributed by atoms with Crippen molar-refractivity contribution in [3.63, 3.8) is 0 Å². The fourth-order valence-corrected chi connectivity index (χ4v) is 10.4. The summed E-state index contributed by atoms with van der Waals surface area (Å²) in [6.07, 6.45) is 0. The van der Waals surface area contributed by atoms with E-state index in [1.54, 1.807) is 0 Å². The van der Waals surface area contributed by atoms with Crippen molar-refractivity contribution in [3.8, 4) is 78.1 Å². The molecule has 13 rings (SSSR count). The van der Waals surface area contributed by atoms with E-state index in [1.807, 2.05) is 0 Å². The summed E-state index contributed by atoms with van der Waals surface area (Å²) in [6.45, 7) is 0. The minimum absolute atomic E-state index is 1.16. The summed E-state index contributed by atoms with van der Waals surface area (Å²) < 4.78 is 4.76. The van der Waals surface area contributed by atoms with Crippen molar-refractivity contribution in [3.05, 3.63) is 267 Å². The molecule has 68 heavy (non-hydrogen) atoms. The van der Waals surface area contributed by atoms with Gasteiger partial charge in [-0.05, 0) is 152 Å². The molecule has 13 aromatic rings. The van der Waals surface area contributed by atoms with E-state index in [2.05, 4.69) is 276 Å². The van der Waals surface area contributed by atoms with Crippen LogP contribution in [0.2, 0.25) is 0 Å². The van der Waals surface area contributed by atoms with Crippen molar-refractivity contribution in [2.24, 2.45) is 0 Å². The average Bonchev–Trinajstić information content (AvgIpc) is 3.94. The second-order valence-corrected chi connectivity index (χ2v) is 17.7. The molecule has 0 fully saturated rings. The first-order valence-corrected chi connectivity index (χ1v) is 23.4. The Bertz CT molecular complexity index is 4000. The van der Waals surface area contributed by atoms with E-state index >= 15 is 0 Å². The predicted octanol–water partition coefficient (Wildman–Crippen LogP) is 17.9. The third kappa shape index (κ3) is 6.90. The molecule has 0 aliphatic carbocycles. The van der Waals surface area contributed by atoms with E-state index in [-0.39, 0.29) is 0 Å². The van der Waals surface area contributed by atoms with Gasteiger partial charge in [0.25, 0.3) is 0 Å². The molecular weight excluding hydrogens is 821 g/mol. The molecule has 0 spiro atoms. The van der Waals surface area contributed by atoms with Gasteiger partial charge in [0.2, 0.25) is 0 Å². The maximum atomic E-state index is 2.39. The molecular formula is C66H44N2. The van der Waals surface area contributed by atoms with E-state index < -0.39 is 0 Å². The minimum atomic E-state index is 1.16. The summed E-state index contributed by atoms with van der Waals surface area (Å²) >= 11 is 0. The summed E-state index contributed by atoms with van der Waals surface area (Å²) in [5.74, 6) is 0. The molecule has 0 atom stereocenters. The Balaban J connectivity index is 0.801. The average molecular weight is 865 g/mol. The zero-order valence-electron chi connectivity index (χ0n) is 37.3. The molecule has 0 aliphatic rings. The summed E-state index contributed by atoms with van der Waals surface area (Å²) in [5.41, 5.74) is 21.6. The van der Waals surface area contributed by atoms with E-state index in [0.717, 1.165) is 5.69 Å². The molecule has 0 radical (unpaired) electrons. The standard InChI is InChI=1S/C66H44N2/c1-3-15-45(16-4-1)46-31-35-58(36-32-46)68-64-30-10-8-28-60(64)62-44-56(34-38-66(62)68)54-24-14-22-52(42-54)50-20-12-18-48(40-50)47-17-11-19-49(39-47)51-21-13-23-53(41-51)55-33-37-65-61(43-55)59-27-7-9-29-63(59)67(65)57-25-5-2-6-26-57/h1-44H. The lowest BCUT2D eigenvalue weighted by Crippen LogP contribution is -1.93. The van der Waals surface area contributed by atoms with Crippen LogP contribution in [0.25, 0.3) is 122 Å². The van der Waals surface area contributed by atoms with E-state index in [1.165, 1.54) is 116 Å². The number of nitrogens with zero attached hydrogens (tertiary/aromatic N) is 2. The fraction of sp³-hybridized carbons (Fsp3) is 0. The first-order valence-electron chi connectivity index (χ1n) is 23.4. The van der Waals surface area contributed by atoms with Crippen LogP contribution in [-0.4, -0.2) is 9.13 Å². The second kappa shape index (κ2) is 16.5. The van der Waals surface area contributed by atoms with Gasteiger partial charge >= 0.3 is 0 Å². The van der Waals surface area contributed by atoms with E-state index in [0.29, 0.717) is 0 Å². The van der Waals surface area contributed by atoms with Crippen LogP contribution in [0.1, 0.15) is 0 Å². The molecule has 11 aromatic carbocycles. The van der Waals surface area contributed by atoms with Crippen molar-refractivity contribution in [2.75, 3.05) is 0 Å². The highest BCUT2D eigenvalue weighted by Gasteiger charge is 2.16. The first kappa shape index (κ1) is 39.4. The number of rotatable bonds is 8. The van der Waals surface area contributed by atoms with Gasteiger partial charge in [-0.15, -0.1) is 0 Å². The number of benzene rings is 11. The first-order chi connectivity index (χ1) is 33.7. The van der Waals surface area contributed by atoms with Gasteiger partial charge in [0.1, 0.15) is 0 Å². The van der Waals surface area contributed by atoms with Gasteiger partial charge in [-0.25, -0.2) is 0 Å². The lowest BCUT2D eigenvalue weighted by molar-refractivity contribution is 1.18. The monoisotopic (exact) mass is 864 g/mol. The van der Waals surface area contributed by atoms with E-state index in [4.69, 9.17) is 0 Å². The second-order valence-electron chi connectivity index (χ2n) is 17.7. The third-order valence-corrected chi connectivity index (χ3v) is 13.7. The van der Waals surface area contributed by atoms with Gasteiger partial charge in [0.05, 0.1) is 22.1 Å². The Morgan fingerprint density at radius 3 is 0.853 bits per heavy atom. The Morgan fingerprint density at radius 2 is 0.441 bits per heavy atom. The topological polar surface area (TPSA) is 9.86 Å². The number of hydrogen-bond acceptors (Lipinski definition) is 0. The summed E-state index contributed by atoms with van der Waals surface area (Å²) in [6, 6.07) is 97.3. The highest BCUT2D eigenvalue weighted by molar-refractivity contribution is 6.11. The maximum Gasteiger partial charge on any atom is 0.0541 e. The Kier molecular flexibility index (Phi) is 9.54. The molecule has 0 amide bonds. The van der Waals surface area contributed by atoms with Crippen molar-refractivity contribution >= 4 is 43.6 Å². The molecule has 0 unspecified atom stereocenters. The van der Waals surface area contributed by atoms with Gasteiger partial charge in [-0.3, -0.25) is 0 Å². The predicted molar refractivity (Wildman–Crippen MR) is 288 cm³/mol. The number of fused-ring (bicyclic) bond motifs is 6. The van der Waals surface area contributed by atoms with Gasteiger partial charge in [-0.1, -0.05) is 182 Å². The lowest BCUT2D eigenvalue weighted by Gasteiger charge is -2.11. The zero-order chi connectivity index (χ0) is 45.0. The van der Waals surface area contributed by atoms with Crippen molar-refractivity contribution in [1.82, 2.24) is 9.13 Å². The molecule has 318 valence electrons. The Labute approximate surface area is 395 Å². The van der Waals surface area contributed by atoms with Crippen LogP contribution in [0.15, 0.2) is 267 Å². The molecule has 2 aromatic heterocycles. The molecule has 2 nitrogen and oxygen atoms in total. The quantitative estimate of drug-likeness (QED) is 0.144. The third-order valence-electron chi connectivity index (χ3n) is 13.7. The highest BCUT2D eigenvalue weighted by Crippen LogP contribution is 2.39. The van der Waals surface area contributed by atoms with Crippen molar-refractivity contribution in [2.45, 2.75) is 0 Å². The van der Waals surface area contributed by atoms with Crippen LogP contribution >= 0.6 is 0 Å². The van der Waals surface area contributed by atoms with Crippen molar-refractivity contribution in [1.29, 1.82) is 0 Å².